The predicted octanol–water partition coefficient (Wildman–Crippen LogP) is 3.57. The average Bonchev–Trinajstić information content (AvgIpc) is 3.20. The van der Waals surface area contributed by atoms with E-state index in [0.717, 1.165) is 17.7 Å². The monoisotopic (exact) mass is 360 g/mol. The van der Waals surface area contributed by atoms with Crippen molar-refractivity contribution in [1.29, 1.82) is 0 Å². The number of nitrogens with zero attached hydrogens (tertiary/aromatic N) is 3. The first-order valence-corrected chi connectivity index (χ1v) is 8.81. The van der Waals surface area contributed by atoms with Gasteiger partial charge in [0.1, 0.15) is 0 Å². The van der Waals surface area contributed by atoms with Crippen molar-refractivity contribution in [3.05, 3.63) is 62.6 Å². The van der Waals surface area contributed by atoms with E-state index in [2.05, 4.69) is 21.7 Å². The largest absolute Gasteiger partial charge is 0.350 e. The highest BCUT2D eigenvalue weighted by Gasteiger charge is 2.17. The zero-order valence-corrected chi connectivity index (χ0v) is 15.0. The summed E-state index contributed by atoms with van der Waals surface area (Å²) >= 11 is 7.84. The third-order valence-electron chi connectivity index (χ3n) is 3.75. The molecule has 0 saturated heterocycles. The lowest BCUT2D eigenvalue weighted by Crippen LogP contribution is -2.26. The van der Waals surface area contributed by atoms with Crippen LogP contribution in [0.4, 0.5) is 0 Å². The fraction of sp³-hybridized carbons (Fsp3) is 0.235. The van der Waals surface area contributed by atoms with Crippen LogP contribution in [-0.2, 0) is 6.42 Å². The van der Waals surface area contributed by atoms with Gasteiger partial charge in [-0.25, -0.2) is 4.68 Å². The summed E-state index contributed by atoms with van der Waals surface area (Å²) in [6.07, 6.45) is 0.810. The number of thiophene rings is 1. The number of nitrogens with one attached hydrogen (secondary N) is 1. The molecule has 0 aliphatic heterocycles. The number of halogens is 1. The minimum Gasteiger partial charge on any atom is -0.350 e. The highest BCUT2D eigenvalue weighted by Crippen LogP contribution is 2.20. The molecule has 0 unspecified atom stereocenters. The average molecular weight is 361 g/mol. The topological polar surface area (TPSA) is 59.8 Å². The molecule has 5 nitrogen and oxygen atoms in total. The summed E-state index contributed by atoms with van der Waals surface area (Å²) in [5.74, 6) is -0.214. The van der Waals surface area contributed by atoms with Crippen LogP contribution >= 0.6 is 22.9 Å². The van der Waals surface area contributed by atoms with E-state index >= 15 is 0 Å². The SMILES string of the molecule is Cc1ccc(-n2nnc(C(=O)NCCc3cccs3)c2C)cc1Cl. The molecule has 0 atom stereocenters. The quantitative estimate of drug-likeness (QED) is 0.756. The number of hydrogen-bond acceptors (Lipinski definition) is 4. The first-order valence-electron chi connectivity index (χ1n) is 7.55. The summed E-state index contributed by atoms with van der Waals surface area (Å²) in [6.45, 7) is 4.33. The first-order chi connectivity index (χ1) is 11.6. The van der Waals surface area contributed by atoms with Crippen LogP contribution < -0.4 is 5.32 Å². The van der Waals surface area contributed by atoms with Gasteiger partial charge in [-0.15, -0.1) is 16.4 Å². The second-order valence-corrected chi connectivity index (χ2v) is 6.89. The minimum atomic E-state index is -0.214. The molecule has 0 aliphatic carbocycles. The van der Waals surface area contributed by atoms with Gasteiger partial charge in [-0.3, -0.25) is 4.79 Å². The summed E-state index contributed by atoms with van der Waals surface area (Å²) in [5.41, 5.74) is 2.79. The van der Waals surface area contributed by atoms with E-state index in [9.17, 15) is 4.79 Å². The molecule has 1 amide bonds. The standard InChI is InChI=1S/C17H17ClN4OS/c1-11-5-6-13(10-15(11)18)22-12(2)16(20-21-22)17(23)19-8-7-14-4-3-9-24-14/h3-6,9-10H,7-8H2,1-2H3,(H,19,23). The smallest absolute Gasteiger partial charge is 0.273 e. The Bertz CT molecular complexity index is 858. The van der Waals surface area contributed by atoms with E-state index in [4.69, 9.17) is 11.6 Å². The lowest BCUT2D eigenvalue weighted by molar-refractivity contribution is 0.0948. The lowest BCUT2D eigenvalue weighted by Gasteiger charge is -2.06. The first kappa shape index (κ1) is 16.7. The van der Waals surface area contributed by atoms with E-state index in [1.807, 2.05) is 43.5 Å². The van der Waals surface area contributed by atoms with Crippen molar-refractivity contribution >= 4 is 28.8 Å². The number of hydrogen-bond donors (Lipinski definition) is 1. The maximum Gasteiger partial charge on any atom is 0.273 e. The Morgan fingerprint density at radius 2 is 2.17 bits per heavy atom. The van der Waals surface area contributed by atoms with Crippen LogP contribution in [0.3, 0.4) is 0 Å². The van der Waals surface area contributed by atoms with E-state index in [1.165, 1.54) is 4.88 Å². The Morgan fingerprint density at radius 1 is 1.33 bits per heavy atom. The van der Waals surface area contributed by atoms with Crippen LogP contribution in [0, 0.1) is 13.8 Å². The number of amides is 1. The molecule has 1 N–H and O–H groups in total. The van der Waals surface area contributed by atoms with Crippen LogP contribution in [0.25, 0.3) is 5.69 Å². The van der Waals surface area contributed by atoms with Gasteiger partial charge in [-0.1, -0.05) is 28.9 Å². The molecule has 124 valence electrons. The highest BCUT2D eigenvalue weighted by molar-refractivity contribution is 7.09. The van der Waals surface area contributed by atoms with E-state index < -0.39 is 0 Å². The second-order valence-electron chi connectivity index (χ2n) is 5.45. The third kappa shape index (κ3) is 3.49. The fourth-order valence-corrected chi connectivity index (χ4v) is 3.22. The molecular formula is C17H17ClN4OS. The molecule has 24 heavy (non-hydrogen) atoms. The van der Waals surface area contributed by atoms with Crippen LogP contribution in [0.15, 0.2) is 35.7 Å². The van der Waals surface area contributed by atoms with Gasteiger partial charge in [0.05, 0.1) is 11.4 Å². The molecule has 2 heterocycles. The molecule has 7 heteroatoms. The van der Waals surface area contributed by atoms with Crippen LogP contribution in [-0.4, -0.2) is 27.4 Å². The molecule has 0 fully saturated rings. The molecule has 3 rings (SSSR count). The van der Waals surface area contributed by atoms with Crippen LogP contribution in [0.1, 0.15) is 26.6 Å². The summed E-state index contributed by atoms with van der Waals surface area (Å²) in [7, 11) is 0. The van der Waals surface area contributed by atoms with Crippen LogP contribution in [0.5, 0.6) is 0 Å². The Kier molecular flexibility index (Phi) is 4.97. The highest BCUT2D eigenvalue weighted by atomic mass is 35.5. The van der Waals surface area contributed by atoms with E-state index in [0.29, 0.717) is 23.0 Å². The van der Waals surface area contributed by atoms with Gasteiger partial charge < -0.3 is 5.32 Å². The van der Waals surface area contributed by atoms with Crippen molar-refractivity contribution in [2.75, 3.05) is 6.54 Å². The fourth-order valence-electron chi connectivity index (χ4n) is 2.34. The molecule has 0 radical (unpaired) electrons. The van der Waals surface area contributed by atoms with Crippen molar-refractivity contribution in [3.8, 4) is 5.69 Å². The summed E-state index contributed by atoms with van der Waals surface area (Å²) in [6, 6.07) is 9.70. The summed E-state index contributed by atoms with van der Waals surface area (Å²) in [5, 5.41) is 13.7. The Labute approximate surface area is 149 Å². The second kappa shape index (κ2) is 7.15. The number of benzene rings is 1. The molecule has 0 spiro atoms. The van der Waals surface area contributed by atoms with Crippen molar-refractivity contribution in [2.24, 2.45) is 0 Å². The van der Waals surface area contributed by atoms with Gasteiger partial charge >= 0.3 is 0 Å². The van der Waals surface area contributed by atoms with Gasteiger partial charge in [0.25, 0.3) is 5.91 Å². The van der Waals surface area contributed by atoms with Crippen molar-refractivity contribution in [2.45, 2.75) is 20.3 Å². The predicted molar refractivity (Wildman–Crippen MR) is 96.2 cm³/mol. The van der Waals surface area contributed by atoms with E-state index in [-0.39, 0.29) is 5.91 Å². The number of aryl methyl sites for hydroxylation is 1. The van der Waals surface area contributed by atoms with Crippen molar-refractivity contribution in [3.63, 3.8) is 0 Å². The maximum absolute atomic E-state index is 12.3. The molecule has 3 aromatic rings. The normalized spacial score (nSPS) is 10.8. The zero-order valence-electron chi connectivity index (χ0n) is 13.4. The number of carbonyl (C=O) groups is 1. The summed E-state index contributed by atoms with van der Waals surface area (Å²) in [4.78, 5) is 13.6. The molecule has 0 aliphatic rings. The van der Waals surface area contributed by atoms with Gasteiger partial charge in [-0.05, 0) is 49.4 Å². The minimum absolute atomic E-state index is 0.214. The molecule has 2 aromatic heterocycles. The van der Waals surface area contributed by atoms with Gasteiger partial charge in [0, 0.05) is 16.4 Å². The Hall–Kier alpha value is -2.18. The van der Waals surface area contributed by atoms with Crippen molar-refractivity contribution in [1.82, 2.24) is 20.3 Å². The molecule has 1 aromatic carbocycles. The molecule has 0 bridgehead atoms. The molecule has 0 saturated carbocycles. The third-order valence-corrected chi connectivity index (χ3v) is 5.09. The summed E-state index contributed by atoms with van der Waals surface area (Å²) < 4.78 is 1.62. The Balaban J connectivity index is 1.71. The van der Waals surface area contributed by atoms with Gasteiger partial charge in [-0.2, -0.15) is 0 Å². The zero-order chi connectivity index (χ0) is 17.1. The van der Waals surface area contributed by atoms with E-state index in [1.54, 1.807) is 16.0 Å². The lowest BCUT2D eigenvalue weighted by atomic mass is 10.2. The van der Waals surface area contributed by atoms with Crippen LogP contribution in [0.2, 0.25) is 5.02 Å². The number of aromatic nitrogens is 3. The molecular weight excluding hydrogens is 344 g/mol. The number of carbonyl (C=O) groups excluding carboxylic acids is 1. The van der Waals surface area contributed by atoms with Crippen molar-refractivity contribution < 1.29 is 4.79 Å². The number of rotatable bonds is 5. The van der Waals surface area contributed by atoms with Gasteiger partial charge in [0.2, 0.25) is 0 Å². The maximum atomic E-state index is 12.3. The Morgan fingerprint density at radius 3 is 2.88 bits per heavy atom. The van der Waals surface area contributed by atoms with Gasteiger partial charge in [0.15, 0.2) is 5.69 Å².